The smallest absolute Gasteiger partial charge is 0.253 e. The summed E-state index contributed by atoms with van der Waals surface area (Å²) >= 11 is 8.00. The predicted molar refractivity (Wildman–Crippen MR) is 196 cm³/mol. The van der Waals surface area contributed by atoms with Gasteiger partial charge in [0.15, 0.2) is 0 Å². The number of benzene rings is 4. The predicted octanol–water partition coefficient (Wildman–Crippen LogP) is 9.37. The Morgan fingerprint density at radius 1 is 0.659 bits per heavy atom. The molecule has 4 aromatic rings. The molecule has 4 N–H and O–H groups in total. The average molecular weight is 881 g/mol. The summed E-state index contributed by atoms with van der Waals surface area (Å²) in [5.41, 5.74) is 6.60. The van der Waals surface area contributed by atoms with Crippen molar-refractivity contribution in [1.29, 1.82) is 0 Å². The summed E-state index contributed by atoms with van der Waals surface area (Å²) in [5.74, 6) is -0.659. The summed E-state index contributed by atoms with van der Waals surface area (Å²) in [7, 11) is 0. The summed E-state index contributed by atoms with van der Waals surface area (Å²) < 4.78 is 16.8. The van der Waals surface area contributed by atoms with E-state index in [2.05, 4.69) is 108 Å². The quantitative estimate of drug-likeness (QED) is 0.133. The molecule has 0 heterocycles. The molecule has 44 heavy (non-hydrogen) atoms. The summed E-state index contributed by atoms with van der Waals surface area (Å²) in [5, 5.41) is 12.6. The lowest BCUT2D eigenvalue weighted by atomic mass is 10.1. The highest BCUT2D eigenvalue weighted by molar-refractivity contribution is 14.1. The van der Waals surface area contributed by atoms with Crippen LogP contribution in [0.15, 0.2) is 77.3 Å². The maximum atomic E-state index is 13.5. The SMILES string of the molecule is Cc1cc(I)ccc1Nc1ccc(Br)cc1C(=O)NC1CC1.Cc1cc(I)ccc1Nc1ccc(F)cc1C(=O)NC1CC1. The minimum Gasteiger partial charge on any atom is -0.355 e. The molecule has 2 fully saturated rings. The average Bonchev–Trinajstić information content (AvgIpc) is 3.91. The number of anilines is 4. The molecule has 0 bridgehead atoms. The lowest BCUT2D eigenvalue weighted by Gasteiger charge is -2.14. The van der Waals surface area contributed by atoms with Gasteiger partial charge in [0.25, 0.3) is 11.8 Å². The Balaban J connectivity index is 0.000000175. The van der Waals surface area contributed by atoms with E-state index in [0.717, 1.165) is 61.9 Å². The fraction of sp³-hybridized carbons (Fsp3) is 0.235. The molecule has 6 nitrogen and oxygen atoms in total. The molecule has 0 saturated heterocycles. The molecule has 6 rings (SSSR count). The van der Waals surface area contributed by atoms with E-state index in [9.17, 15) is 14.0 Å². The van der Waals surface area contributed by atoms with Crippen LogP contribution >= 0.6 is 61.1 Å². The molecule has 2 aliphatic carbocycles. The molecule has 0 radical (unpaired) electrons. The summed E-state index contributed by atoms with van der Waals surface area (Å²) in [6.45, 7) is 4.06. The first-order valence-electron chi connectivity index (χ1n) is 14.3. The van der Waals surface area contributed by atoms with E-state index in [1.807, 2.05) is 43.3 Å². The number of amides is 2. The van der Waals surface area contributed by atoms with Crippen molar-refractivity contribution in [2.45, 2.75) is 51.6 Å². The van der Waals surface area contributed by atoms with E-state index >= 15 is 0 Å². The van der Waals surface area contributed by atoms with Crippen LogP contribution in [0.2, 0.25) is 0 Å². The number of halogens is 4. The van der Waals surface area contributed by atoms with Crippen LogP contribution in [0.3, 0.4) is 0 Å². The van der Waals surface area contributed by atoms with Crippen molar-refractivity contribution < 1.29 is 14.0 Å². The van der Waals surface area contributed by atoms with Crippen LogP contribution in [-0.4, -0.2) is 23.9 Å². The second kappa shape index (κ2) is 14.6. The number of nitrogens with one attached hydrogen (secondary N) is 4. The second-order valence-electron chi connectivity index (χ2n) is 11.0. The monoisotopic (exact) mass is 880 g/mol. The zero-order valence-corrected chi connectivity index (χ0v) is 30.1. The highest BCUT2D eigenvalue weighted by Gasteiger charge is 2.26. The van der Waals surface area contributed by atoms with Gasteiger partial charge >= 0.3 is 0 Å². The zero-order chi connectivity index (χ0) is 31.4. The lowest BCUT2D eigenvalue weighted by molar-refractivity contribution is 0.0943. The summed E-state index contributed by atoms with van der Waals surface area (Å²) in [4.78, 5) is 24.7. The fourth-order valence-electron chi connectivity index (χ4n) is 4.43. The fourth-order valence-corrected chi connectivity index (χ4v) is 6.09. The van der Waals surface area contributed by atoms with Crippen LogP contribution in [0.25, 0.3) is 0 Å². The molecule has 0 atom stereocenters. The third kappa shape index (κ3) is 9.16. The Morgan fingerprint density at radius 3 is 1.55 bits per heavy atom. The lowest BCUT2D eigenvalue weighted by Crippen LogP contribution is -2.26. The standard InChI is InChI=1S/C17H16BrIN2O.C17H16FIN2O/c2*1-10-8-12(19)3-7-15(10)21-16-6-2-11(18)9-14(16)17(22)20-13-4-5-13/h2*2-3,6-9,13,21H,4-5H2,1H3,(H,20,22). The molecule has 0 unspecified atom stereocenters. The topological polar surface area (TPSA) is 82.3 Å². The Kier molecular flexibility index (Phi) is 10.8. The van der Waals surface area contributed by atoms with E-state index in [1.54, 1.807) is 6.07 Å². The van der Waals surface area contributed by atoms with Gasteiger partial charge in [0.1, 0.15) is 5.82 Å². The third-order valence-corrected chi connectivity index (χ3v) is 9.03. The molecule has 2 aliphatic rings. The van der Waals surface area contributed by atoms with Gasteiger partial charge in [0.05, 0.1) is 22.5 Å². The molecule has 0 aromatic heterocycles. The summed E-state index contributed by atoms with van der Waals surface area (Å²) in [6, 6.07) is 22.8. The number of carbonyl (C=O) groups is 2. The van der Waals surface area contributed by atoms with Crippen LogP contribution in [0.4, 0.5) is 27.1 Å². The number of hydrogen-bond acceptors (Lipinski definition) is 4. The van der Waals surface area contributed by atoms with Gasteiger partial charge in [-0.25, -0.2) is 4.39 Å². The van der Waals surface area contributed by atoms with E-state index in [1.165, 1.54) is 15.7 Å². The molecule has 10 heteroatoms. The van der Waals surface area contributed by atoms with Crippen LogP contribution in [-0.2, 0) is 0 Å². The largest absolute Gasteiger partial charge is 0.355 e. The van der Waals surface area contributed by atoms with Crippen molar-refractivity contribution in [3.8, 4) is 0 Å². The number of rotatable bonds is 8. The van der Waals surface area contributed by atoms with Gasteiger partial charge in [0.2, 0.25) is 0 Å². The summed E-state index contributed by atoms with van der Waals surface area (Å²) in [6.07, 6.45) is 4.16. The van der Waals surface area contributed by atoms with Gasteiger partial charge in [-0.15, -0.1) is 0 Å². The van der Waals surface area contributed by atoms with Crippen molar-refractivity contribution in [3.63, 3.8) is 0 Å². The van der Waals surface area contributed by atoms with Crippen molar-refractivity contribution in [2.75, 3.05) is 10.6 Å². The van der Waals surface area contributed by atoms with Crippen LogP contribution in [0.5, 0.6) is 0 Å². The van der Waals surface area contributed by atoms with Crippen LogP contribution in [0.1, 0.15) is 57.5 Å². The van der Waals surface area contributed by atoms with Gasteiger partial charge < -0.3 is 21.3 Å². The molecule has 0 aliphatic heterocycles. The zero-order valence-electron chi connectivity index (χ0n) is 24.2. The molecule has 2 amide bonds. The first kappa shape index (κ1) is 32.7. The number of hydrogen-bond donors (Lipinski definition) is 4. The van der Waals surface area contributed by atoms with Crippen molar-refractivity contribution in [3.05, 3.63) is 112 Å². The van der Waals surface area contributed by atoms with E-state index < -0.39 is 5.82 Å². The molecular weight excluding hydrogens is 849 g/mol. The molecule has 4 aromatic carbocycles. The Hall–Kier alpha value is -2.71. The Labute approximate surface area is 292 Å². The second-order valence-corrected chi connectivity index (χ2v) is 14.5. The van der Waals surface area contributed by atoms with Gasteiger partial charge in [-0.3, -0.25) is 9.59 Å². The number of aryl methyl sites for hydroxylation is 2. The molecule has 228 valence electrons. The van der Waals surface area contributed by atoms with E-state index in [-0.39, 0.29) is 17.9 Å². The minimum atomic E-state index is -0.411. The first-order chi connectivity index (χ1) is 21.0. The third-order valence-electron chi connectivity index (χ3n) is 7.19. The maximum absolute atomic E-state index is 13.5. The molecular formula is C34H32BrFI2N4O2. The van der Waals surface area contributed by atoms with Gasteiger partial charge in [-0.2, -0.15) is 0 Å². The Morgan fingerprint density at radius 2 is 1.09 bits per heavy atom. The van der Waals surface area contributed by atoms with Gasteiger partial charge in [-0.05, 0) is 169 Å². The van der Waals surface area contributed by atoms with Crippen molar-refractivity contribution in [2.24, 2.45) is 0 Å². The van der Waals surface area contributed by atoms with Gasteiger partial charge in [0, 0.05) is 35.1 Å². The highest BCUT2D eigenvalue weighted by Crippen LogP contribution is 2.29. The number of carbonyl (C=O) groups excluding carboxylic acids is 2. The molecule has 2 saturated carbocycles. The van der Waals surface area contributed by atoms with Gasteiger partial charge in [-0.1, -0.05) is 15.9 Å². The van der Waals surface area contributed by atoms with Crippen molar-refractivity contribution >= 4 is 95.7 Å². The van der Waals surface area contributed by atoms with E-state index in [0.29, 0.717) is 22.9 Å². The maximum Gasteiger partial charge on any atom is 0.253 e. The minimum absolute atomic E-state index is 0.0190. The van der Waals surface area contributed by atoms with E-state index in [4.69, 9.17) is 0 Å². The Bertz CT molecular complexity index is 1580. The normalized spacial score (nSPS) is 13.8. The van der Waals surface area contributed by atoms with Crippen molar-refractivity contribution in [1.82, 2.24) is 10.6 Å². The van der Waals surface area contributed by atoms with Crippen LogP contribution < -0.4 is 21.3 Å². The highest BCUT2D eigenvalue weighted by atomic mass is 127. The first-order valence-corrected chi connectivity index (χ1v) is 17.3. The molecule has 0 spiro atoms. The van der Waals surface area contributed by atoms with Crippen LogP contribution in [0, 0.1) is 26.8 Å².